The van der Waals surface area contributed by atoms with Crippen LogP contribution in [-0.4, -0.2) is 24.6 Å². The zero-order chi connectivity index (χ0) is 51.9. The first kappa shape index (κ1) is 100. The molecule has 0 saturated carbocycles. The van der Waals surface area contributed by atoms with Gasteiger partial charge >= 0.3 is 497 Å². The predicted octanol–water partition coefficient (Wildman–Crippen LogP) is 7.48. The van der Waals surface area contributed by atoms with Crippen LogP contribution in [0.2, 0.25) is 0 Å². The Labute approximate surface area is 520 Å². The van der Waals surface area contributed by atoms with Crippen molar-refractivity contribution in [2.75, 3.05) is 24.6 Å². The minimum Gasteiger partial charge on any atom is 2.00 e. The van der Waals surface area contributed by atoms with E-state index in [1.807, 2.05) is 0 Å². The van der Waals surface area contributed by atoms with E-state index in [4.69, 9.17) is 0 Å². The molecule has 0 saturated heterocycles. The summed E-state index contributed by atoms with van der Waals surface area (Å²) in [5, 5.41) is 0. The molecule has 0 spiro atoms. The van der Waals surface area contributed by atoms with Crippen LogP contribution in [0.15, 0.2) is 0 Å². The minimum absolute atomic E-state index is 0. The van der Waals surface area contributed by atoms with Crippen molar-refractivity contribution < 1.29 is 158 Å². The molecule has 0 aliphatic heterocycles. The summed E-state index contributed by atoms with van der Waals surface area (Å²) in [6.45, 7) is 8.90. The van der Waals surface area contributed by atoms with Gasteiger partial charge in [-0.3, -0.25) is 0 Å². The van der Waals surface area contributed by atoms with Crippen LogP contribution in [0, 0.1) is 0 Å². The predicted molar refractivity (Wildman–Crippen MR) is 279 cm³/mol. The third-order valence-electron chi connectivity index (χ3n) is 12.3. The first-order chi connectivity index (χ1) is 32.2. The number of hydrogen-bond acceptors (Lipinski definition) is 12. The molecule has 0 aliphatic rings. The van der Waals surface area contributed by atoms with E-state index in [2.05, 4.69) is 27.7 Å². The molecule has 0 rings (SSSR count). The quantitative estimate of drug-likeness (QED) is 0.0326. The van der Waals surface area contributed by atoms with E-state index >= 15 is 0 Å². The normalized spacial score (nSPS) is 11.9. The van der Waals surface area contributed by atoms with Gasteiger partial charge in [-0.1, -0.05) is 27.7 Å². The Hall–Kier alpha value is 4.20. The summed E-state index contributed by atoms with van der Waals surface area (Å²) in [6, 6.07) is 0. The third kappa shape index (κ3) is 119. The first-order valence-electron chi connectivity index (χ1n) is 28.7. The van der Waals surface area contributed by atoms with Gasteiger partial charge in [0, 0.05) is 0 Å². The molecular formula is C52H112Ni6O12P4. The van der Waals surface area contributed by atoms with E-state index in [0.29, 0.717) is 25.7 Å². The summed E-state index contributed by atoms with van der Waals surface area (Å²) in [5.74, 6) is 0. The van der Waals surface area contributed by atoms with Gasteiger partial charge in [0.1, 0.15) is 0 Å². The molecule has 0 bridgehead atoms. The smallest absolute Gasteiger partial charge is 2.00 e. The average Bonchev–Trinajstić information content (AvgIpc) is 3.25. The maximum atomic E-state index is 10.4. The minimum atomic E-state index is -4.50. The fourth-order valence-electron chi connectivity index (χ4n) is 8.02. The molecule has 0 N–H and O–H groups in total. The van der Waals surface area contributed by atoms with Crippen LogP contribution in [0.5, 0.6) is 0 Å². The van der Waals surface area contributed by atoms with Gasteiger partial charge in [0.05, 0.1) is 0 Å². The standard InChI is InChI=1S/4C13H28O3P.6Ni/c4*1-2-3-4-5-6-7-8-9-10-11-12-13-17(14,15)16;;;;;;/h4*17H,2-13H2,1H3;;;;;;/q4*-3;6*+2. The molecule has 0 aliphatic carbocycles. The molecule has 22 heteroatoms. The van der Waals surface area contributed by atoms with Gasteiger partial charge in [-0.2, -0.15) is 0 Å². The maximum absolute atomic E-state index is 10.4. The monoisotopic (exact) mass is 1400 g/mol. The number of unbranched alkanes of at least 4 members (excludes halogenated alkanes) is 40. The van der Waals surface area contributed by atoms with Gasteiger partial charge < -0.3 is 0 Å². The summed E-state index contributed by atoms with van der Waals surface area (Å²) < 4.78 is 0. The Morgan fingerprint density at radius 2 is 0.230 bits per heavy atom. The van der Waals surface area contributed by atoms with Gasteiger partial charge in [0.25, 0.3) is 0 Å². The van der Waals surface area contributed by atoms with Crippen molar-refractivity contribution >= 4 is 31.8 Å². The summed E-state index contributed by atoms with van der Waals surface area (Å²) in [5.41, 5.74) is 0. The van der Waals surface area contributed by atoms with Crippen LogP contribution in [0.4, 0.5) is 0 Å². The van der Waals surface area contributed by atoms with E-state index < -0.39 is 31.8 Å². The van der Waals surface area contributed by atoms with Gasteiger partial charge in [0.15, 0.2) is 0 Å². The molecule has 0 radical (unpaired) electrons. The third-order valence-corrected chi connectivity index (χ3v) is 16.2. The summed E-state index contributed by atoms with van der Waals surface area (Å²) >= 11 is 0. The van der Waals surface area contributed by atoms with Gasteiger partial charge in [-0.15, -0.1) is 0 Å². The molecule has 0 amide bonds. The van der Waals surface area contributed by atoms with E-state index in [0.717, 1.165) is 51.4 Å². The SMILES string of the molecule is CCCCCCCCCCCCC[PH]([O-])([O-])[O-].CCCCCCCCCCCCC[PH]([O-])([O-])[O-].CCCCCCCCCCCCC[PH]([O-])([O-])[O-].CCCCCCCCCCCCC[PH]([O-])([O-])[O-].[Ni+2].[Ni+2].[Ni+2].[Ni+2].[Ni+2].[Ni+2]. The van der Waals surface area contributed by atoms with Crippen molar-refractivity contribution in [2.24, 2.45) is 0 Å². The molecule has 0 atom stereocenters. The molecule has 0 heterocycles. The summed E-state index contributed by atoms with van der Waals surface area (Å²) in [7, 11) is -18.0. The van der Waals surface area contributed by atoms with E-state index in [1.165, 1.54) is 205 Å². The van der Waals surface area contributed by atoms with E-state index in [-0.39, 0.29) is 124 Å². The van der Waals surface area contributed by atoms with Crippen molar-refractivity contribution in [1.82, 2.24) is 0 Å². The number of hydrogen-bond donors (Lipinski definition) is 0. The largest absolute Gasteiger partial charge is 2.00 e. The van der Waals surface area contributed by atoms with Crippen LogP contribution >= 0.6 is 31.8 Å². The molecule has 0 fully saturated rings. The van der Waals surface area contributed by atoms with Gasteiger partial charge in [0.2, 0.25) is 0 Å². The fraction of sp³-hybridized carbons (Fsp3) is 1.00. The zero-order valence-electron chi connectivity index (χ0n) is 46.7. The maximum Gasteiger partial charge on any atom is 2.00 e. The molecule has 74 heavy (non-hydrogen) atoms. The van der Waals surface area contributed by atoms with Gasteiger partial charge in [-0.25, -0.2) is 0 Å². The topological polar surface area (TPSA) is 277 Å². The van der Waals surface area contributed by atoms with Crippen LogP contribution < -0.4 is 58.7 Å². The van der Waals surface area contributed by atoms with E-state index in [9.17, 15) is 58.7 Å². The molecule has 0 aromatic heterocycles. The Morgan fingerprint density at radius 1 is 0.149 bits per heavy atom. The Kier molecular flexibility index (Phi) is 105. The van der Waals surface area contributed by atoms with Crippen LogP contribution in [0.1, 0.15) is 310 Å². The van der Waals surface area contributed by atoms with Crippen LogP contribution in [0.25, 0.3) is 0 Å². The van der Waals surface area contributed by atoms with Crippen molar-refractivity contribution in [1.29, 1.82) is 0 Å². The molecule has 0 unspecified atom stereocenters. The Balaban J connectivity index is -0.0000000898. The second-order valence-corrected chi connectivity index (χ2v) is 27.3. The molecular weight excluding hydrogens is 1290 g/mol. The molecule has 0 aromatic carbocycles. The van der Waals surface area contributed by atoms with Crippen molar-refractivity contribution in [3.05, 3.63) is 0 Å². The van der Waals surface area contributed by atoms with Crippen molar-refractivity contribution in [3.63, 3.8) is 0 Å². The first-order valence-corrected chi connectivity index (χ1v) is 36.4. The molecule has 0 aromatic rings. The summed E-state index contributed by atoms with van der Waals surface area (Å²) in [6.07, 6.45) is 51.2. The average molecular weight is 1410 g/mol. The Morgan fingerprint density at radius 3 is 0.311 bits per heavy atom. The summed E-state index contributed by atoms with van der Waals surface area (Å²) in [4.78, 5) is 125. The Bertz CT molecular complexity index is 803. The van der Waals surface area contributed by atoms with Crippen LogP contribution in [0.3, 0.4) is 0 Å². The van der Waals surface area contributed by atoms with Crippen molar-refractivity contribution in [3.8, 4) is 0 Å². The van der Waals surface area contributed by atoms with Gasteiger partial charge in [-0.05, 0) is 0 Å². The fourth-order valence-corrected chi connectivity index (χ4v) is 10.8. The zero-order valence-corrected chi connectivity index (χ0v) is 56.7. The number of rotatable bonds is 48. The van der Waals surface area contributed by atoms with E-state index in [1.54, 1.807) is 0 Å². The van der Waals surface area contributed by atoms with Crippen LogP contribution in [-0.2, 0) is 98.9 Å². The molecule has 12 nitrogen and oxygen atoms in total. The molecule has 472 valence electrons. The second-order valence-electron chi connectivity index (χ2n) is 19.9. The van der Waals surface area contributed by atoms with Crippen molar-refractivity contribution in [2.45, 2.75) is 310 Å². The second kappa shape index (κ2) is 77.2.